The van der Waals surface area contributed by atoms with E-state index in [4.69, 9.17) is 11.2 Å². The monoisotopic (exact) mass is 480 g/mol. The van der Waals surface area contributed by atoms with Crippen molar-refractivity contribution in [1.82, 2.24) is 0 Å². The molecular formula is C26H28N2O5S. The molecule has 0 aliphatic rings. The van der Waals surface area contributed by atoms with Crippen LogP contribution in [0.4, 0.5) is 11.4 Å². The Bertz CT molecular complexity index is 1350. The summed E-state index contributed by atoms with van der Waals surface area (Å²) in [4.78, 5) is 13.3. The van der Waals surface area contributed by atoms with Gasteiger partial charge in [0.2, 0.25) is 0 Å². The number of carboxylic acid groups (broad SMARTS) is 1. The molecule has 0 aliphatic heterocycles. The van der Waals surface area contributed by atoms with E-state index < -0.39 is 16.0 Å². The lowest BCUT2D eigenvalue weighted by atomic mass is 10.0. The second-order valence-corrected chi connectivity index (χ2v) is 9.77. The summed E-state index contributed by atoms with van der Waals surface area (Å²) in [7, 11) is -2.36. The maximum Gasteiger partial charge on any atom is 0.305 e. The number of sulfonamides is 1. The number of aryl methyl sites for hydroxylation is 2. The molecule has 8 heteroatoms. The summed E-state index contributed by atoms with van der Waals surface area (Å²) in [6.45, 7) is 5.47. The molecule has 3 rings (SSSR count). The summed E-state index contributed by atoms with van der Waals surface area (Å²) in [5.41, 5.74) is 2.31. The number of methoxy groups -OCH3 is 1. The SMILES string of the molecule is C#CCN(c1ccc(NS(=O)(=O)c2c(C)cc(OC)cc2C)c2ccccc12)[C@@H](C)CC(=O)O. The molecule has 0 aromatic heterocycles. The minimum Gasteiger partial charge on any atom is -0.497 e. The quantitative estimate of drug-likeness (QED) is 0.436. The van der Waals surface area contributed by atoms with E-state index in [0.717, 1.165) is 11.1 Å². The summed E-state index contributed by atoms with van der Waals surface area (Å²) in [6.07, 6.45) is 5.48. The number of benzene rings is 3. The number of fused-ring (bicyclic) bond motifs is 1. The number of nitrogens with zero attached hydrogens (tertiary/aromatic N) is 1. The number of aliphatic carboxylic acids is 1. The third-order valence-corrected chi connectivity index (χ3v) is 7.33. The predicted molar refractivity (Wildman–Crippen MR) is 135 cm³/mol. The Morgan fingerprint density at radius 1 is 1.15 bits per heavy atom. The van der Waals surface area contributed by atoms with E-state index in [1.54, 1.807) is 45.0 Å². The summed E-state index contributed by atoms with van der Waals surface area (Å²) in [5.74, 6) is 2.26. The standard InChI is InChI=1S/C26H28N2O5S/c1-6-13-28(19(4)16-25(29)30)24-12-11-23(21-9-7-8-10-22(21)24)27-34(31,32)26-17(2)14-20(33-5)15-18(26)3/h1,7-12,14-15,19,27H,13,16H2,2-5H3,(H,29,30)/t19-/m0/s1. The van der Waals surface area contributed by atoms with Gasteiger partial charge in [-0.3, -0.25) is 9.52 Å². The molecule has 3 aromatic carbocycles. The predicted octanol–water partition coefficient (Wildman–Crippen LogP) is 4.57. The highest BCUT2D eigenvalue weighted by atomic mass is 32.2. The van der Waals surface area contributed by atoms with Crippen molar-refractivity contribution in [2.24, 2.45) is 0 Å². The van der Waals surface area contributed by atoms with E-state index >= 15 is 0 Å². The van der Waals surface area contributed by atoms with Gasteiger partial charge in [0.25, 0.3) is 10.0 Å². The van der Waals surface area contributed by atoms with Crippen molar-refractivity contribution in [3.8, 4) is 18.1 Å². The largest absolute Gasteiger partial charge is 0.497 e. The Balaban J connectivity index is 2.10. The summed E-state index contributed by atoms with van der Waals surface area (Å²) in [5, 5.41) is 10.7. The molecule has 0 amide bonds. The van der Waals surface area contributed by atoms with Crippen LogP contribution in [0.15, 0.2) is 53.4 Å². The molecule has 0 heterocycles. The number of terminal acetylenes is 1. The van der Waals surface area contributed by atoms with Crippen LogP contribution in [0.2, 0.25) is 0 Å². The fraction of sp³-hybridized carbons (Fsp3) is 0.269. The van der Waals surface area contributed by atoms with E-state index in [0.29, 0.717) is 28.0 Å². The van der Waals surface area contributed by atoms with Gasteiger partial charge < -0.3 is 14.7 Å². The van der Waals surface area contributed by atoms with Crippen molar-refractivity contribution in [3.05, 3.63) is 59.7 Å². The Kier molecular flexibility index (Phi) is 7.38. The van der Waals surface area contributed by atoms with Gasteiger partial charge in [-0.15, -0.1) is 6.42 Å². The highest BCUT2D eigenvalue weighted by Crippen LogP contribution is 2.35. The van der Waals surface area contributed by atoms with E-state index in [-0.39, 0.29) is 23.9 Å². The maximum atomic E-state index is 13.4. The first kappa shape index (κ1) is 24.9. The maximum absolute atomic E-state index is 13.4. The summed E-state index contributed by atoms with van der Waals surface area (Å²) < 4.78 is 34.7. The molecule has 0 radical (unpaired) electrons. The van der Waals surface area contributed by atoms with Gasteiger partial charge in [-0.05, 0) is 56.2 Å². The van der Waals surface area contributed by atoms with Crippen molar-refractivity contribution >= 4 is 38.1 Å². The van der Waals surface area contributed by atoms with E-state index in [1.807, 2.05) is 29.2 Å². The second kappa shape index (κ2) is 10.1. The highest BCUT2D eigenvalue weighted by Gasteiger charge is 2.23. The minimum atomic E-state index is -3.90. The topological polar surface area (TPSA) is 95.9 Å². The molecule has 0 aliphatic carbocycles. The van der Waals surface area contributed by atoms with Crippen LogP contribution in [0.5, 0.6) is 5.75 Å². The van der Waals surface area contributed by atoms with Gasteiger partial charge in [-0.2, -0.15) is 0 Å². The highest BCUT2D eigenvalue weighted by molar-refractivity contribution is 7.92. The fourth-order valence-corrected chi connectivity index (χ4v) is 5.75. The Morgan fingerprint density at radius 2 is 1.76 bits per heavy atom. The van der Waals surface area contributed by atoms with E-state index in [1.165, 1.54) is 7.11 Å². The molecule has 0 saturated carbocycles. The number of anilines is 2. The van der Waals surface area contributed by atoms with Crippen LogP contribution in [-0.2, 0) is 14.8 Å². The Hall–Kier alpha value is -3.70. The lowest BCUT2D eigenvalue weighted by molar-refractivity contribution is -0.137. The summed E-state index contributed by atoms with van der Waals surface area (Å²) in [6, 6.07) is 13.8. The number of carbonyl (C=O) groups is 1. The number of hydrogen-bond donors (Lipinski definition) is 2. The number of rotatable bonds is 9. The molecule has 178 valence electrons. The third-order valence-electron chi connectivity index (χ3n) is 5.66. The Morgan fingerprint density at radius 3 is 2.32 bits per heavy atom. The van der Waals surface area contributed by atoms with Crippen LogP contribution in [0.3, 0.4) is 0 Å². The number of hydrogen-bond acceptors (Lipinski definition) is 5. The van der Waals surface area contributed by atoms with Crippen molar-refractivity contribution in [3.63, 3.8) is 0 Å². The average Bonchev–Trinajstić information content (AvgIpc) is 2.76. The van der Waals surface area contributed by atoms with Crippen LogP contribution in [0, 0.1) is 26.2 Å². The molecule has 0 unspecified atom stereocenters. The number of ether oxygens (including phenoxy) is 1. The first-order valence-electron chi connectivity index (χ1n) is 10.7. The third kappa shape index (κ3) is 5.10. The first-order valence-corrected chi connectivity index (χ1v) is 12.2. The van der Waals surface area contributed by atoms with E-state index in [9.17, 15) is 18.3 Å². The minimum absolute atomic E-state index is 0.0829. The molecule has 0 saturated heterocycles. The average molecular weight is 481 g/mol. The second-order valence-electron chi connectivity index (χ2n) is 8.15. The first-order chi connectivity index (χ1) is 16.1. The molecular weight excluding hydrogens is 452 g/mol. The molecule has 3 aromatic rings. The van der Waals surface area contributed by atoms with Crippen molar-refractivity contribution < 1.29 is 23.1 Å². The number of carboxylic acids is 1. The van der Waals surface area contributed by atoms with Gasteiger partial charge in [0.05, 0.1) is 30.7 Å². The van der Waals surface area contributed by atoms with Crippen LogP contribution < -0.4 is 14.4 Å². The van der Waals surface area contributed by atoms with Gasteiger partial charge in [-0.1, -0.05) is 30.2 Å². The van der Waals surface area contributed by atoms with Crippen molar-refractivity contribution in [1.29, 1.82) is 0 Å². The molecule has 0 bridgehead atoms. The molecule has 1 atom stereocenters. The molecule has 0 fully saturated rings. The lowest BCUT2D eigenvalue weighted by Gasteiger charge is -2.30. The van der Waals surface area contributed by atoms with Crippen LogP contribution >= 0.6 is 0 Å². The molecule has 34 heavy (non-hydrogen) atoms. The van der Waals surface area contributed by atoms with Crippen molar-refractivity contribution in [2.45, 2.75) is 38.1 Å². The smallest absolute Gasteiger partial charge is 0.305 e. The van der Waals surface area contributed by atoms with Crippen LogP contribution in [0.1, 0.15) is 24.5 Å². The van der Waals surface area contributed by atoms with Crippen LogP contribution in [-0.4, -0.2) is 39.2 Å². The zero-order valence-electron chi connectivity index (χ0n) is 19.6. The Labute approximate surface area is 200 Å². The van der Waals surface area contributed by atoms with Gasteiger partial charge in [0, 0.05) is 22.5 Å². The van der Waals surface area contributed by atoms with Crippen LogP contribution in [0.25, 0.3) is 10.8 Å². The zero-order valence-corrected chi connectivity index (χ0v) is 20.4. The molecule has 2 N–H and O–H groups in total. The zero-order chi connectivity index (χ0) is 25.0. The lowest BCUT2D eigenvalue weighted by Crippen LogP contribution is -2.35. The van der Waals surface area contributed by atoms with Crippen molar-refractivity contribution in [2.75, 3.05) is 23.3 Å². The summed E-state index contributed by atoms with van der Waals surface area (Å²) >= 11 is 0. The normalized spacial score (nSPS) is 12.1. The van der Waals surface area contributed by atoms with Gasteiger partial charge >= 0.3 is 5.97 Å². The molecule has 0 spiro atoms. The number of nitrogens with one attached hydrogen (secondary N) is 1. The fourth-order valence-electron chi connectivity index (χ4n) is 4.21. The van der Waals surface area contributed by atoms with Gasteiger partial charge in [0.1, 0.15) is 5.75 Å². The molecule has 7 nitrogen and oxygen atoms in total. The van der Waals surface area contributed by atoms with E-state index in [2.05, 4.69) is 10.6 Å². The van der Waals surface area contributed by atoms with Gasteiger partial charge in [0.15, 0.2) is 0 Å². The van der Waals surface area contributed by atoms with Gasteiger partial charge in [-0.25, -0.2) is 8.42 Å².